The van der Waals surface area contributed by atoms with Gasteiger partial charge in [-0.15, -0.1) is 0 Å². The molecule has 3 rings (SSSR count). The highest BCUT2D eigenvalue weighted by atomic mass is 19.1. The van der Waals surface area contributed by atoms with E-state index in [1.807, 2.05) is 17.0 Å². The van der Waals surface area contributed by atoms with E-state index in [0.29, 0.717) is 37.5 Å². The third kappa shape index (κ3) is 3.47. The maximum absolute atomic E-state index is 13.4. The van der Waals surface area contributed by atoms with Crippen LogP contribution in [-0.2, 0) is 16.0 Å². The Morgan fingerprint density at radius 1 is 1.42 bits per heavy atom. The van der Waals surface area contributed by atoms with Crippen molar-refractivity contribution in [2.45, 2.75) is 32.6 Å². The highest BCUT2D eigenvalue weighted by Crippen LogP contribution is 2.34. The molecule has 0 aliphatic carbocycles. The lowest BCUT2D eigenvalue weighted by molar-refractivity contribution is -0.150. The topological polar surface area (TPSA) is 49.8 Å². The van der Waals surface area contributed by atoms with Gasteiger partial charge in [-0.05, 0) is 55.7 Å². The van der Waals surface area contributed by atoms with Crippen molar-refractivity contribution < 1.29 is 19.0 Å². The van der Waals surface area contributed by atoms with Gasteiger partial charge in [0.2, 0.25) is 5.91 Å². The summed E-state index contributed by atoms with van der Waals surface area (Å²) in [4.78, 5) is 14.8. The largest absolute Gasteiger partial charge is 0.395 e. The van der Waals surface area contributed by atoms with Gasteiger partial charge in [-0.2, -0.15) is 0 Å². The number of halogens is 1. The van der Waals surface area contributed by atoms with Crippen molar-refractivity contribution in [2.24, 2.45) is 11.3 Å². The molecular formula is C19H26FNO3. The molecule has 0 saturated carbocycles. The van der Waals surface area contributed by atoms with Gasteiger partial charge in [0.1, 0.15) is 5.82 Å². The minimum absolute atomic E-state index is 0.0751. The van der Waals surface area contributed by atoms with Gasteiger partial charge in [0.15, 0.2) is 0 Å². The number of hydrogen-bond acceptors (Lipinski definition) is 3. The summed E-state index contributed by atoms with van der Waals surface area (Å²) >= 11 is 0. The molecule has 0 bridgehead atoms. The second-order valence-corrected chi connectivity index (χ2v) is 7.24. The summed E-state index contributed by atoms with van der Waals surface area (Å²) in [6.45, 7) is 4.22. The number of aliphatic hydroxyl groups is 1. The van der Waals surface area contributed by atoms with Gasteiger partial charge in [0, 0.05) is 26.3 Å². The fraction of sp³-hybridized carbons (Fsp3) is 0.632. The Balaban J connectivity index is 1.62. The molecule has 2 fully saturated rings. The smallest absolute Gasteiger partial charge is 0.231 e. The number of nitrogens with zero attached hydrogens (tertiary/aromatic N) is 1. The van der Waals surface area contributed by atoms with E-state index in [1.165, 1.54) is 6.07 Å². The summed E-state index contributed by atoms with van der Waals surface area (Å²) in [5.41, 5.74) is 1.13. The Bertz CT molecular complexity index is 598. The maximum atomic E-state index is 13.4. The Hall–Kier alpha value is -1.46. The first-order chi connectivity index (χ1) is 11.5. The lowest BCUT2D eigenvalue weighted by atomic mass is 9.79. The van der Waals surface area contributed by atoms with Crippen LogP contribution in [0.2, 0.25) is 0 Å². The molecule has 0 radical (unpaired) electrons. The quantitative estimate of drug-likeness (QED) is 0.919. The molecule has 1 aromatic carbocycles. The Morgan fingerprint density at radius 2 is 2.17 bits per heavy atom. The molecule has 1 N–H and O–H groups in total. The van der Waals surface area contributed by atoms with Gasteiger partial charge in [-0.3, -0.25) is 4.79 Å². The van der Waals surface area contributed by atoms with E-state index in [0.717, 1.165) is 31.5 Å². The van der Waals surface area contributed by atoms with Crippen molar-refractivity contribution in [1.82, 2.24) is 4.90 Å². The number of rotatable bonds is 4. The van der Waals surface area contributed by atoms with Crippen molar-refractivity contribution in [3.8, 4) is 0 Å². The summed E-state index contributed by atoms with van der Waals surface area (Å²) in [5.74, 6) is 0.298. The first-order valence-electron chi connectivity index (χ1n) is 8.77. The van der Waals surface area contributed by atoms with Gasteiger partial charge in [-0.1, -0.05) is 12.1 Å². The van der Waals surface area contributed by atoms with Crippen LogP contribution in [-0.4, -0.2) is 48.8 Å². The summed E-state index contributed by atoms with van der Waals surface area (Å²) in [6, 6.07) is 5.25. The van der Waals surface area contributed by atoms with Gasteiger partial charge in [-0.25, -0.2) is 4.39 Å². The molecule has 1 aromatic rings. The highest BCUT2D eigenvalue weighted by Gasteiger charge is 2.43. The minimum atomic E-state index is -0.653. The summed E-state index contributed by atoms with van der Waals surface area (Å²) in [5, 5.41) is 9.79. The van der Waals surface area contributed by atoms with Gasteiger partial charge in [0.25, 0.3) is 0 Å². The van der Waals surface area contributed by atoms with Crippen molar-refractivity contribution in [3.05, 3.63) is 35.1 Å². The summed E-state index contributed by atoms with van der Waals surface area (Å²) in [7, 11) is 0. The minimum Gasteiger partial charge on any atom is -0.395 e. The van der Waals surface area contributed by atoms with Crippen LogP contribution >= 0.6 is 0 Å². The van der Waals surface area contributed by atoms with Crippen molar-refractivity contribution in [3.63, 3.8) is 0 Å². The van der Waals surface area contributed by atoms with Crippen LogP contribution < -0.4 is 0 Å². The molecule has 0 spiro atoms. The number of benzene rings is 1. The number of hydrogen-bond donors (Lipinski definition) is 1. The number of likely N-dealkylation sites (tertiary alicyclic amines) is 1. The number of amides is 1. The van der Waals surface area contributed by atoms with Gasteiger partial charge >= 0.3 is 0 Å². The zero-order chi connectivity index (χ0) is 17.2. The number of carbonyl (C=O) groups is 1. The van der Waals surface area contributed by atoms with E-state index >= 15 is 0 Å². The molecule has 2 aliphatic heterocycles. The molecule has 1 unspecified atom stereocenters. The molecule has 2 saturated heterocycles. The average molecular weight is 335 g/mol. The van der Waals surface area contributed by atoms with E-state index in [4.69, 9.17) is 4.74 Å². The fourth-order valence-electron chi connectivity index (χ4n) is 3.89. The number of ether oxygens (including phenoxy) is 1. The Kier molecular flexibility index (Phi) is 5.21. The van der Waals surface area contributed by atoms with Crippen molar-refractivity contribution in [1.29, 1.82) is 0 Å². The predicted octanol–water partition coefficient (Wildman–Crippen LogP) is 2.31. The molecule has 2 aliphatic rings. The molecule has 4 nitrogen and oxygen atoms in total. The third-order valence-corrected chi connectivity index (χ3v) is 5.53. The Labute approximate surface area is 142 Å². The summed E-state index contributed by atoms with van der Waals surface area (Å²) < 4.78 is 18.7. The first kappa shape index (κ1) is 17.4. The van der Waals surface area contributed by atoms with Crippen LogP contribution in [0.15, 0.2) is 18.2 Å². The Morgan fingerprint density at radius 3 is 2.83 bits per heavy atom. The maximum Gasteiger partial charge on any atom is 0.231 e. The normalized spacial score (nSPS) is 23.5. The summed E-state index contributed by atoms with van der Waals surface area (Å²) in [6.07, 6.45) is 3.02. The highest BCUT2D eigenvalue weighted by molar-refractivity contribution is 5.83. The molecule has 2 heterocycles. The standard InChI is InChI=1S/C19H26FNO3/c1-14-10-15(2-3-17(14)20)11-16-4-7-21(12-16)18(23)19(13-22)5-8-24-9-6-19/h2-3,10,16,22H,4-9,11-13H2,1H3. The lowest BCUT2D eigenvalue weighted by Gasteiger charge is -2.37. The van der Waals surface area contributed by atoms with E-state index in [1.54, 1.807) is 6.92 Å². The molecule has 24 heavy (non-hydrogen) atoms. The molecule has 132 valence electrons. The molecule has 1 amide bonds. The van der Waals surface area contributed by atoms with Crippen LogP contribution in [0.3, 0.4) is 0 Å². The van der Waals surface area contributed by atoms with Crippen molar-refractivity contribution in [2.75, 3.05) is 32.9 Å². The van der Waals surface area contributed by atoms with E-state index < -0.39 is 5.41 Å². The third-order valence-electron chi connectivity index (χ3n) is 5.53. The fourth-order valence-corrected chi connectivity index (χ4v) is 3.89. The second kappa shape index (κ2) is 7.19. The van der Waals surface area contributed by atoms with Crippen LogP contribution in [0.1, 0.15) is 30.4 Å². The van der Waals surface area contributed by atoms with Crippen LogP contribution in [0.25, 0.3) is 0 Å². The lowest BCUT2D eigenvalue weighted by Crippen LogP contribution is -2.48. The van der Waals surface area contributed by atoms with Crippen LogP contribution in [0.5, 0.6) is 0 Å². The molecule has 5 heteroatoms. The van der Waals surface area contributed by atoms with Crippen LogP contribution in [0, 0.1) is 24.1 Å². The van der Waals surface area contributed by atoms with E-state index in [2.05, 4.69) is 0 Å². The average Bonchev–Trinajstić information content (AvgIpc) is 3.06. The zero-order valence-electron chi connectivity index (χ0n) is 14.3. The van der Waals surface area contributed by atoms with Crippen molar-refractivity contribution >= 4 is 5.91 Å². The second-order valence-electron chi connectivity index (χ2n) is 7.24. The number of aliphatic hydroxyl groups excluding tert-OH is 1. The monoisotopic (exact) mass is 335 g/mol. The number of carbonyl (C=O) groups excluding carboxylic acids is 1. The predicted molar refractivity (Wildman–Crippen MR) is 89.1 cm³/mol. The van der Waals surface area contributed by atoms with Gasteiger partial charge < -0.3 is 14.7 Å². The SMILES string of the molecule is Cc1cc(CC2CCN(C(=O)C3(CO)CCOCC3)C2)ccc1F. The first-order valence-corrected chi connectivity index (χ1v) is 8.77. The molecule has 0 aromatic heterocycles. The molecular weight excluding hydrogens is 309 g/mol. The molecule has 1 atom stereocenters. The van der Waals surface area contributed by atoms with Gasteiger partial charge in [0.05, 0.1) is 12.0 Å². The van der Waals surface area contributed by atoms with E-state index in [9.17, 15) is 14.3 Å². The number of aryl methyl sites for hydroxylation is 1. The zero-order valence-corrected chi connectivity index (χ0v) is 14.3. The van der Waals surface area contributed by atoms with Crippen LogP contribution in [0.4, 0.5) is 4.39 Å². The van der Waals surface area contributed by atoms with E-state index in [-0.39, 0.29) is 18.3 Å².